The Balaban J connectivity index is 2.86. The predicted molar refractivity (Wildman–Crippen MR) is 50.7 cm³/mol. The van der Waals surface area contributed by atoms with Crippen molar-refractivity contribution in [3.8, 4) is 0 Å². The van der Waals surface area contributed by atoms with E-state index in [9.17, 15) is 9.59 Å². The molecule has 0 N–H and O–H groups in total. The van der Waals surface area contributed by atoms with Crippen LogP contribution in [0.15, 0.2) is 11.4 Å². The smallest absolute Gasteiger partial charge is 0.338 e. The van der Waals surface area contributed by atoms with Crippen molar-refractivity contribution in [1.29, 1.82) is 0 Å². The van der Waals surface area contributed by atoms with E-state index in [0.717, 1.165) is 0 Å². The van der Waals surface area contributed by atoms with E-state index in [4.69, 9.17) is 11.6 Å². The van der Waals surface area contributed by atoms with Crippen molar-refractivity contribution >= 4 is 34.7 Å². The maximum Gasteiger partial charge on any atom is 0.338 e. The summed E-state index contributed by atoms with van der Waals surface area (Å²) in [6.45, 7) is 0. The van der Waals surface area contributed by atoms with E-state index in [1.807, 2.05) is 0 Å². The maximum absolute atomic E-state index is 11.1. The topological polar surface area (TPSA) is 43.4 Å². The molecule has 3 nitrogen and oxygen atoms in total. The lowest BCUT2D eigenvalue weighted by molar-refractivity contribution is 0.0601. The fourth-order valence-corrected chi connectivity index (χ4v) is 1.81. The van der Waals surface area contributed by atoms with Crippen LogP contribution in [-0.4, -0.2) is 24.7 Å². The minimum Gasteiger partial charge on any atom is -0.465 e. The Hall–Kier alpha value is -0.870. The van der Waals surface area contributed by atoms with Crippen LogP contribution in [0, 0.1) is 0 Å². The Kier molecular flexibility index (Phi) is 3.45. The van der Waals surface area contributed by atoms with Gasteiger partial charge in [0.2, 0.25) is 0 Å². The molecule has 1 aromatic heterocycles. The number of hydrogen-bond donors (Lipinski definition) is 0. The average molecular weight is 219 g/mol. The van der Waals surface area contributed by atoms with E-state index in [1.54, 1.807) is 5.38 Å². The van der Waals surface area contributed by atoms with Gasteiger partial charge in [-0.25, -0.2) is 4.79 Å². The first-order valence-corrected chi connectivity index (χ1v) is 4.86. The quantitative estimate of drug-likeness (QED) is 0.443. The molecule has 0 aliphatic heterocycles. The van der Waals surface area contributed by atoms with Gasteiger partial charge in [0, 0.05) is 5.38 Å². The predicted octanol–water partition coefficient (Wildman–Crippen LogP) is 1.96. The van der Waals surface area contributed by atoms with E-state index < -0.39 is 5.97 Å². The molecule has 5 heteroatoms. The molecule has 0 bridgehead atoms. The number of thiophene rings is 1. The van der Waals surface area contributed by atoms with Crippen LogP contribution in [0.5, 0.6) is 0 Å². The van der Waals surface area contributed by atoms with Crippen molar-refractivity contribution in [3.05, 3.63) is 21.9 Å². The number of esters is 1. The van der Waals surface area contributed by atoms with Gasteiger partial charge in [0.05, 0.1) is 23.4 Å². The zero-order valence-corrected chi connectivity index (χ0v) is 8.45. The summed E-state index contributed by atoms with van der Waals surface area (Å²) >= 11 is 6.54. The molecule has 0 spiro atoms. The molecule has 0 aliphatic rings. The molecule has 1 aromatic rings. The van der Waals surface area contributed by atoms with Gasteiger partial charge in [-0.05, 0) is 6.07 Å². The molecule has 0 amide bonds. The molecule has 0 fully saturated rings. The number of alkyl halides is 1. The summed E-state index contributed by atoms with van der Waals surface area (Å²) < 4.78 is 4.49. The fraction of sp³-hybridized carbons (Fsp3) is 0.250. The van der Waals surface area contributed by atoms with Crippen LogP contribution >= 0.6 is 22.9 Å². The van der Waals surface area contributed by atoms with Gasteiger partial charge in [0.25, 0.3) is 0 Å². The van der Waals surface area contributed by atoms with Gasteiger partial charge in [0.1, 0.15) is 0 Å². The summed E-state index contributed by atoms with van der Waals surface area (Å²) in [5, 5.41) is 1.58. The summed E-state index contributed by atoms with van der Waals surface area (Å²) in [7, 11) is 1.29. The normalized spacial score (nSPS) is 9.69. The summed E-state index contributed by atoms with van der Waals surface area (Å²) in [5.41, 5.74) is 0.390. The monoisotopic (exact) mass is 218 g/mol. The van der Waals surface area contributed by atoms with Crippen molar-refractivity contribution in [3.63, 3.8) is 0 Å². The molecule has 0 aromatic carbocycles. The Bertz CT molecular complexity index is 301. The number of rotatable bonds is 3. The van der Waals surface area contributed by atoms with Crippen LogP contribution in [0.3, 0.4) is 0 Å². The number of halogens is 1. The van der Waals surface area contributed by atoms with Crippen molar-refractivity contribution in [1.82, 2.24) is 0 Å². The number of carbonyl (C=O) groups excluding carboxylic acids is 2. The highest BCUT2D eigenvalue weighted by molar-refractivity contribution is 7.12. The molecule has 0 saturated heterocycles. The summed E-state index contributed by atoms with van der Waals surface area (Å²) in [6, 6.07) is 1.49. The van der Waals surface area contributed by atoms with Gasteiger partial charge in [-0.3, -0.25) is 4.79 Å². The summed E-state index contributed by atoms with van der Waals surface area (Å²) in [5.74, 6) is -0.687. The Labute approximate surface area is 84.3 Å². The number of carbonyl (C=O) groups is 2. The van der Waals surface area contributed by atoms with Crippen LogP contribution in [0.4, 0.5) is 0 Å². The van der Waals surface area contributed by atoms with Gasteiger partial charge < -0.3 is 4.74 Å². The van der Waals surface area contributed by atoms with E-state index in [1.165, 1.54) is 24.5 Å². The first-order chi connectivity index (χ1) is 6.19. The molecule has 0 atom stereocenters. The molecule has 0 radical (unpaired) electrons. The highest BCUT2D eigenvalue weighted by Gasteiger charge is 2.12. The number of Topliss-reactive ketones (excluding diaryl/α,β-unsaturated/α-hetero) is 1. The molecule has 1 heterocycles. The first-order valence-electron chi connectivity index (χ1n) is 3.45. The third-order valence-corrected chi connectivity index (χ3v) is 2.63. The minimum atomic E-state index is -0.440. The summed E-state index contributed by atoms with van der Waals surface area (Å²) in [6.07, 6.45) is 0. The molecular weight excluding hydrogens is 212 g/mol. The van der Waals surface area contributed by atoms with Gasteiger partial charge in [-0.15, -0.1) is 22.9 Å². The number of ether oxygens (including phenoxy) is 1. The lowest BCUT2D eigenvalue weighted by Crippen LogP contribution is -2.00. The van der Waals surface area contributed by atoms with Crippen LogP contribution in [-0.2, 0) is 4.74 Å². The fourth-order valence-electron chi connectivity index (χ4n) is 0.773. The average Bonchev–Trinajstić information content (AvgIpc) is 2.64. The number of methoxy groups -OCH3 is 1. The molecule has 70 valence electrons. The lowest BCUT2D eigenvalue weighted by Gasteiger charge is -1.91. The highest BCUT2D eigenvalue weighted by Crippen LogP contribution is 2.16. The second-order valence-corrected chi connectivity index (χ2v) is 3.43. The zero-order chi connectivity index (χ0) is 9.84. The van der Waals surface area contributed by atoms with E-state index >= 15 is 0 Å². The van der Waals surface area contributed by atoms with Crippen molar-refractivity contribution in [2.24, 2.45) is 0 Å². The highest BCUT2D eigenvalue weighted by atomic mass is 35.5. The zero-order valence-electron chi connectivity index (χ0n) is 6.87. The third-order valence-electron chi connectivity index (χ3n) is 1.42. The largest absolute Gasteiger partial charge is 0.465 e. The van der Waals surface area contributed by atoms with Crippen LogP contribution in [0.25, 0.3) is 0 Å². The van der Waals surface area contributed by atoms with Crippen LogP contribution in [0.1, 0.15) is 20.0 Å². The molecule has 0 aliphatic carbocycles. The van der Waals surface area contributed by atoms with E-state index in [-0.39, 0.29) is 11.7 Å². The Morgan fingerprint density at radius 3 is 2.85 bits per heavy atom. The van der Waals surface area contributed by atoms with Crippen molar-refractivity contribution < 1.29 is 14.3 Å². The molecule has 13 heavy (non-hydrogen) atoms. The minimum absolute atomic E-state index is 0.0683. The van der Waals surface area contributed by atoms with E-state index in [0.29, 0.717) is 10.4 Å². The number of ketones is 1. The van der Waals surface area contributed by atoms with Gasteiger partial charge in [0.15, 0.2) is 5.78 Å². The Morgan fingerprint density at radius 2 is 2.31 bits per heavy atom. The second kappa shape index (κ2) is 4.39. The van der Waals surface area contributed by atoms with Crippen molar-refractivity contribution in [2.45, 2.75) is 0 Å². The maximum atomic E-state index is 11.1. The van der Waals surface area contributed by atoms with Gasteiger partial charge in [-0.1, -0.05) is 0 Å². The standard InChI is InChI=1S/C8H7ClO3S/c1-12-8(11)5-2-7(13-4-5)6(10)3-9/h2,4H,3H2,1H3. The van der Waals surface area contributed by atoms with E-state index in [2.05, 4.69) is 4.74 Å². The van der Waals surface area contributed by atoms with Gasteiger partial charge in [-0.2, -0.15) is 0 Å². The Morgan fingerprint density at radius 1 is 1.62 bits per heavy atom. The number of hydrogen-bond acceptors (Lipinski definition) is 4. The molecule has 0 saturated carbocycles. The lowest BCUT2D eigenvalue weighted by atomic mass is 10.3. The molecule has 0 unspecified atom stereocenters. The molecule has 1 rings (SSSR count). The van der Waals surface area contributed by atoms with Crippen LogP contribution in [0.2, 0.25) is 0 Å². The second-order valence-electron chi connectivity index (χ2n) is 2.25. The van der Waals surface area contributed by atoms with Gasteiger partial charge >= 0.3 is 5.97 Å². The van der Waals surface area contributed by atoms with Crippen molar-refractivity contribution in [2.75, 3.05) is 13.0 Å². The SMILES string of the molecule is COC(=O)c1csc(C(=O)CCl)c1. The third kappa shape index (κ3) is 2.29. The summed E-state index contributed by atoms with van der Waals surface area (Å²) in [4.78, 5) is 22.5. The van der Waals surface area contributed by atoms with Crippen LogP contribution < -0.4 is 0 Å². The molecular formula is C8H7ClO3S. The first kappa shape index (κ1) is 10.2.